The Morgan fingerprint density at radius 1 is 1.53 bits per heavy atom. The van der Waals surface area contributed by atoms with Gasteiger partial charge in [0.15, 0.2) is 0 Å². The van der Waals surface area contributed by atoms with Gasteiger partial charge in [0.25, 0.3) is 0 Å². The van der Waals surface area contributed by atoms with Crippen LogP contribution in [0.5, 0.6) is 0 Å². The highest BCUT2D eigenvalue weighted by Crippen LogP contribution is 2.27. The molecule has 1 aliphatic heterocycles. The van der Waals surface area contributed by atoms with Crippen LogP contribution in [0.3, 0.4) is 0 Å². The Hall–Kier alpha value is -0.920. The van der Waals surface area contributed by atoms with Crippen molar-refractivity contribution in [2.75, 3.05) is 37.4 Å². The van der Waals surface area contributed by atoms with Gasteiger partial charge in [-0.15, -0.1) is 0 Å². The van der Waals surface area contributed by atoms with E-state index >= 15 is 0 Å². The van der Waals surface area contributed by atoms with E-state index in [1.165, 1.54) is 6.33 Å². The molecular weight excluding hydrogens is 288 g/mol. The van der Waals surface area contributed by atoms with Gasteiger partial charge < -0.3 is 20.5 Å². The first kappa shape index (κ1) is 12.5. The zero-order valence-electron chi connectivity index (χ0n) is 9.53. The normalized spacial score (nSPS) is 23.7. The van der Waals surface area contributed by atoms with Crippen molar-refractivity contribution in [3.05, 3.63) is 10.8 Å². The Morgan fingerprint density at radius 3 is 2.94 bits per heavy atom. The van der Waals surface area contributed by atoms with Crippen molar-refractivity contribution >= 4 is 27.6 Å². The molecule has 0 spiro atoms. The SMILES string of the molecule is CNc1ncnc(NCC2(O)CCOC2)c1Br. The highest BCUT2D eigenvalue weighted by atomic mass is 79.9. The van der Waals surface area contributed by atoms with E-state index in [4.69, 9.17) is 4.74 Å². The summed E-state index contributed by atoms with van der Waals surface area (Å²) in [6.07, 6.45) is 2.11. The van der Waals surface area contributed by atoms with Gasteiger partial charge >= 0.3 is 0 Å². The number of aromatic nitrogens is 2. The number of anilines is 2. The van der Waals surface area contributed by atoms with E-state index in [0.717, 1.165) is 4.47 Å². The molecule has 0 amide bonds. The standard InChI is InChI=1S/C10H15BrN4O2/c1-12-8-7(11)9(15-6-14-8)13-4-10(16)2-3-17-5-10/h6,16H,2-5H2,1H3,(H2,12,13,14,15). The summed E-state index contributed by atoms with van der Waals surface area (Å²) in [5, 5.41) is 16.2. The number of halogens is 1. The minimum Gasteiger partial charge on any atom is -0.386 e. The Bertz CT molecular complexity index is 396. The molecule has 6 nitrogen and oxygen atoms in total. The van der Waals surface area contributed by atoms with Gasteiger partial charge in [0.2, 0.25) is 0 Å². The highest BCUT2D eigenvalue weighted by molar-refractivity contribution is 9.10. The summed E-state index contributed by atoms with van der Waals surface area (Å²) in [5.41, 5.74) is -0.801. The van der Waals surface area contributed by atoms with Crippen LogP contribution in [-0.2, 0) is 4.74 Å². The number of hydrogen-bond acceptors (Lipinski definition) is 6. The topological polar surface area (TPSA) is 79.3 Å². The van der Waals surface area contributed by atoms with Crippen molar-refractivity contribution in [1.29, 1.82) is 0 Å². The molecule has 0 aliphatic carbocycles. The lowest BCUT2D eigenvalue weighted by atomic mass is 10.0. The van der Waals surface area contributed by atoms with E-state index in [-0.39, 0.29) is 0 Å². The Morgan fingerprint density at radius 2 is 2.29 bits per heavy atom. The number of aliphatic hydroxyl groups is 1. The molecule has 1 aliphatic rings. The maximum absolute atomic E-state index is 10.1. The Labute approximate surface area is 108 Å². The minimum atomic E-state index is -0.801. The molecule has 1 fully saturated rings. The minimum absolute atomic E-state index is 0.363. The molecule has 1 atom stereocenters. The van der Waals surface area contributed by atoms with E-state index in [1.54, 1.807) is 7.05 Å². The monoisotopic (exact) mass is 302 g/mol. The number of hydrogen-bond donors (Lipinski definition) is 3. The Kier molecular flexibility index (Phi) is 3.80. The lowest BCUT2D eigenvalue weighted by molar-refractivity contribution is 0.0381. The van der Waals surface area contributed by atoms with Crippen molar-refractivity contribution < 1.29 is 9.84 Å². The van der Waals surface area contributed by atoms with E-state index in [9.17, 15) is 5.11 Å². The van der Waals surface area contributed by atoms with Gasteiger partial charge in [0.1, 0.15) is 28.0 Å². The van der Waals surface area contributed by atoms with Crippen LogP contribution >= 0.6 is 15.9 Å². The molecule has 0 bridgehead atoms. The van der Waals surface area contributed by atoms with Crippen molar-refractivity contribution in [3.63, 3.8) is 0 Å². The van der Waals surface area contributed by atoms with E-state index < -0.39 is 5.60 Å². The number of ether oxygens (including phenoxy) is 1. The molecule has 3 N–H and O–H groups in total. The molecule has 1 saturated heterocycles. The van der Waals surface area contributed by atoms with Crippen LogP contribution in [0.25, 0.3) is 0 Å². The summed E-state index contributed by atoms with van der Waals surface area (Å²) in [7, 11) is 1.79. The molecule has 17 heavy (non-hydrogen) atoms. The average Bonchev–Trinajstić information content (AvgIpc) is 2.75. The highest BCUT2D eigenvalue weighted by Gasteiger charge is 2.32. The molecule has 2 rings (SSSR count). The third-order valence-corrected chi connectivity index (χ3v) is 3.44. The summed E-state index contributed by atoms with van der Waals surface area (Å²) in [4.78, 5) is 8.18. The summed E-state index contributed by atoms with van der Waals surface area (Å²) in [5.74, 6) is 1.36. The maximum Gasteiger partial charge on any atom is 0.146 e. The van der Waals surface area contributed by atoms with Gasteiger partial charge in [-0.1, -0.05) is 0 Å². The molecule has 0 aromatic carbocycles. The molecular formula is C10H15BrN4O2. The largest absolute Gasteiger partial charge is 0.386 e. The summed E-state index contributed by atoms with van der Waals surface area (Å²) >= 11 is 3.41. The van der Waals surface area contributed by atoms with Gasteiger partial charge in [-0.2, -0.15) is 0 Å². The van der Waals surface area contributed by atoms with Gasteiger partial charge in [-0.05, 0) is 15.9 Å². The number of nitrogens with one attached hydrogen (secondary N) is 2. The summed E-state index contributed by atoms with van der Waals surface area (Å²) in [6.45, 7) is 1.37. The van der Waals surface area contributed by atoms with Gasteiger partial charge in [-0.25, -0.2) is 9.97 Å². The summed E-state index contributed by atoms with van der Waals surface area (Å²) in [6, 6.07) is 0. The molecule has 1 aromatic rings. The molecule has 1 aromatic heterocycles. The molecule has 94 valence electrons. The molecule has 7 heteroatoms. The average molecular weight is 303 g/mol. The first-order valence-corrected chi connectivity index (χ1v) is 6.16. The second kappa shape index (κ2) is 5.16. The fourth-order valence-electron chi connectivity index (χ4n) is 1.65. The van der Waals surface area contributed by atoms with Crippen LogP contribution in [0, 0.1) is 0 Å². The smallest absolute Gasteiger partial charge is 0.146 e. The second-order valence-corrected chi connectivity index (χ2v) is 4.81. The fourth-order valence-corrected chi connectivity index (χ4v) is 2.19. The predicted octanol–water partition coefficient (Wildman–Crippen LogP) is 0.844. The van der Waals surface area contributed by atoms with Crippen LogP contribution < -0.4 is 10.6 Å². The van der Waals surface area contributed by atoms with Crippen LogP contribution in [0.1, 0.15) is 6.42 Å². The fraction of sp³-hybridized carbons (Fsp3) is 0.600. The molecule has 1 unspecified atom stereocenters. The van der Waals surface area contributed by atoms with Crippen molar-refractivity contribution in [2.45, 2.75) is 12.0 Å². The zero-order chi connectivity index (χ0) is 12.3. The molecule has 0 saturated carbocycles. The second-order valence-electron chi connectivity index (χ2n) is 4.02. The van der Waals surface area contributed by atoms with E-state index in [2.05, 4.69) is 36.5 Å². The lowest BCUT2D eigenvalue weighted by Gasteiger charge is -2.21. The lowest BCUT2D eigenvalue weighted by Crippen LogP contribution is -2.37. The first-order chi connectivity index (χ1) is 8.14. The van der Waals surface area contributed by atoms with Crippen LogP contribution in [0.15, 0.2) is 10.8 Å². The number of nitrogens with zero attached hydrogens (tertiary/aromatic N) is 2. The van der Waals surface area contributed by atoms with Crippen molar-refractivity contribution in [3.8, 4) is 0 Å². The zero-order valence-corrected chi connectivity index (χ0v) is 11.1. The summed E-state index contributed by atoms with van der Waals surface area (Å²) < 4.78 is 5.93. The Balaban J connectivity index is 2.03. The van der Waals surface area contributed by atoms with Gasteiger partial charge in [0, 0.05) is 26.6 Å². The first-order valence-electron chi connectivity index (χ1n) is 5.37. The quantitative estimate of drug-likeness (QED) is 0.765. The van der Waals surface area contributed by atoms with E-state index in [1.807, 2.05) is 0 Å². The maximum atomic E-state index is 10.1. The van der Waals surface area contributed by atoms with Crippen molar-refractivity contribution in [2.24, 2.45) is 0 Å². The number of rotatable bonds is 4. The van der Waals surface area contributed by atoms with E-state index in [0.29, 0.717) is 37.8 Å². The third-order valence-electron chi connectivity index (χ3n) is 2.69. The van der Waals surface area contributed by atoms with Crippen LogP contribution in [0.2, 0.25) is 0 Å². The van der Waals surface area contributed by atoms with Crippen LogP contribution in [0.4, 0.5) is 11.6 Å². The van der Waals surface area contributed by atoms with Crippen molar-refractivity contribution in [1.82, 2.24) is 9.97 Å². The third kappa shape index (κ3) is 2.85. The molecule has 2 heterocycles. The van der Waals surface area contributed by atoms with Gasteiger partial charge in [0.05, 0.1) is 6.61 Å². The molecule has 0 radical (unpaired) electrons. The predicted molar refractivity (Wildman–Crippen MR) is 68.2 cm³/mol. The van der Waals surface area contributed by atoms with Gasteiger partial charge in [-0.3, -0.25) is 0 Å². The van der Waals surface area contributed by atoms with Crippen LogP contribution in [-0.4, -0.2) is 47.5 Å².